The molecule has 6 nitrogen and oxygen atoms in total. The predicted molar refractivity (Wildman–Crippen MR) is 105 cm³/mol. The molecule has 1 aromatic heterocycles. The number of hydrogen-bond donors (Lipinski definition) is 1. The summed E-state index contributed by atoms with van der Waals surface area (Å²) >= 11 is 1.83. The van der Waals surface area contributed by atoms with Crippen molar-refractivity contribution in [1.82, 2.24) is 9.80 Å². The molecule has 168 valence electrons. The molecule has 1 aromatic rings. The van der Waals surface area contributed by atoms with Crippen LogP contribution in [0.5, 0.6) is 0 Å². The summed E-state index contributed by atoms with van der Waals surface area (Å²) < 4.78 is 37.7. The Morgan fingerprint density at radius 1 is 1.20 bits per heavy atom. The van der Waals surface area contributed by atoms with Crippen LogP contribution < -0.4 is 0 Å². The molecule has 10 heteroatoms. The quantitative estimate of drug-likeness (QED) is 0.769. The number of rotatable bonds is 3. The molecule has 1 N–H and O–H groups in total. The molecule has 1 amide bonds. The van der Waals surface area contributed by atoms with Crippen molar-refractivity contribution in [2.75, 3.05) is 32.8 Å². The van der Waals surface area contributed by atoms with Crippen LogP contribution in [0.3, 0.4) is 0 Å². The fraction of sp³-hybridized carbons (Fsp3) is 0.700. The molecule has 4 rings (SSSR count). The SMILES string of the molecule is O=C(O)C(F)(F)F.O=C([C@@H]1CCO[C@@H]2CCN(Cc3cccs3)C[C@H]21)N1CCCC1. The van der Waals surface area contributed by atoms with Crippen LogP contribution >= 0.6 is 11.3 Å². The highest BCUT2D eigenvalue weighted by atomic mass is 32.1. The number of carbonyl (C=O) groups is 2. The largest absolute Gasteiger partial charge is 0.490 e. The molecule has 0 spiro atoms. The first kappa shape index (κ1) is 23.0. The molecule has 3 aliphatic rings. The lowest BCUT2D eigenvalue weighted by molar-refractivity contribution is -0.192. The molecule has 0 unspecified atom stereocenters. The van der Waals surface area contributed by atoms with E-state index < -0.39 is 12.1 Å². The van der Waals surface area contributed by atoms with Crippen LogP contribution in [0.4, 0.5) is 13.2 Å². The average molecular weight is 449 g/mol. The van der Waals surface area contributed by atoms with Gasteiger partial charge in [-0.2, -0.15) is 13.2 Å². The third kappa shape index (κ3) is 5.95. The number of ether oxygens (including phenoxy) is 1. The number of fused-ring (bicyclic) bond motifs is 1. The number of carbonyl (C=O) groups excluding carboxylic acids is 1. The number of carboxylic acids is 1. The minimum atomic E-state index is -5.08. The summed E-state index contributed by atoms with van der Waals surface area (Å²) in [5.41, 5.74) is 0. The summed E-state index contributed by atoms with van der Waals surface area (Å²) in [6.45, 7) is 5.80. The van der Waals surface area contributed by atoms with Crippen LogP contribution in [0.1, 0.15) is 30.6 Å². The molecule has 4 heterocycles. The highest BCUT2D eigenvalue weighted by Crippen LogP contribution is 2.35. The zero-order valence-corrected chi connectivity index (χ0v) is 17.5. The van der Waals surface area contributed by atoms with Gasteiger partial charge in [-0.15, -0.1) is 11.3 Å². The van der Waals surface area contributed by atoms with Gasteiger partial charge in [0.05, 0.1) is 6.10 Å². The van der Waals surface area contributed by atoms with E-state index in [1.807, 2.05) is 11.3 Å². The number of hydrogen-bond acceptors (Lipinski definition) is 5. The van der Waals surface area contributed by atoms with Gasteiger partial charge in [0.2, 0.25) is 5.91 Å². The molecular weight excluding hydrogens is 421 g/mol. The Morgan fingerprint density at radius 2 is 1.90 bits per heavy atom. The zero-order valence-electron chi connectivity index (χ0n) is 16.6. The number of amides is 1. The molecule has 3 aliphatic heterocycles. The number of aliphatic carboxylic acids is 1. The number of nitrogens with zero attached hydrogens (tertiary/aromatic N) is 2. The molecule has 30 heavy (non-hydrogen) atoms. The normalized spacial score (nSPS) is 27.2. The van der Waals surface area contributed by atoms with Gasteiger partial charge in [0.25, 0.3) is 0 Å². The monoisotopic (exact) mass is 448 g/mol. The summed E-state index contributed by atoms with van der Waals surface area (Å²) in [7, 11) is 0. The van der Waals surface area contributed by atoms with E-state index in [1.165, 1.54) is 17.7 Å². The van der Waals surface area contributed by atoms with Crippen molar-refractivity contribution in [2.45, 2.75) is 44.5 Å². The Morgan fingerprint density at radius 3 is 2.50 bits per heavy atom. The van der Waals surface area contributed by atoms with E-state index in [9.17, 15) is 18.0 Å². The van der Waals surface area contributed by atoms with Gasteiger partial charge in [0, 0.05) is 56.0 Å². The first-order valence-electron chi connectivity index (χ1n) is 10.2. The maximum atomic E-state index is 12.9. The number of alkyl halides is 3. The number of halogens is 3. The predicted octanol–water partition coefficient (Wildman–Crippen LogP) is 3.23. The van der Waals surface area contributed by atoms with Crippen LogP contribution in [0.25, 0.3) is 0 Å². The van der Waals surface area contributed by atoms with Gasteiger partial charge < -0.3 is 14.7 Å². The fourth-order valence-corrected chi connectivity index (χ4v) is 5.18. The second-order valence-electron chi connectivity index (χ2n) is 7.91. The highest BCUT2D eigenvalue weighted by molar-refractivity contribution is 7.09. The average Bonchev–Trinajstić information content (AvgIpc) is 3.41. The van der Waals surface area contributed by atoms with Gasteiger partial charge >= 0.3 is 12.1 Å². The van der Waals surface area contributed by atoms with Gasteiger partial charge in [-0.05, 0) is 37.1 Å². The van der Waals surface area contributed by atoms with Crippen LogP contribution in [-0.4, -0.2) is 71.8 Å². The smallest absolute Gasteiger partial charge is 0.475 e. The summed E-state index contributed by atoms with van der Waals surface area (Å²) in [5, 5.41) is 9.27. The number of likely N-dealkylation sites (tertiary alicyclic amines) is 2. The fourth-order valence-electron chi connectivity index (χ4n) is 4.43. The summed E-state index contributed by atoms with van der Waals surface area (Å²) in [4.78, 5) is 27.9. The maximum Gasteiger partial charge on any atom is 0.490 e. The number of carboxylic acid groups (broad SMARTS) is 1. The molecule has 3 saturated heterocycles. The topological polar surface area (TPSA) is 70.1 Å². The van der Waals surface area contributed by atoms with E-state index in [1.54, 1.807) is 0 Å². The molecule has 3 fully saturated rings. The molecule has 0 aromatic carbocycles. The van der Waals surface area contributed by atoms with Crippen LogP contribution in [0.2, 0.25) is 0 Å². The van der Waals surface area contributed by atoms with Crippen molar-refractivity contribution in [3.05, 3.63) is 22.4 Å². The lowest BCUT2D eigenvalue weighted by Gasteiger charge is -2.45. The lowest BCUT2D eigenvalue weighted by atomic mass is 9.78. The van der Waals surface area contributed by atoms with Gasteiger partial charge in [-0.1, -0.05) is 6.07 Å². The minimum absolute atomic E-state index is 0.179. The van der Waals surface area contributed by atoms with E-state index >= 15 is 0 Å². The Balaban J connectivity index is 0.000000318. The number of piperidine rings is 1. The summed E-state index contributed by atoms with van der Waals surface area (Å²) in [6.07, 6.45) is -0.468. The molecular formula is C20H27F3N2O4S. The molecule has 0 bridgehead atoms. The van der Waals surface area contributed by atoms with E-state index in [0.29, 0.717) is 17.9 Å². The second kappa shape index (κ2) is 10.1. The van der Waals surface area contributed by atoms with Gasteiger partial charge in [-0.3, -0.25) is 9.69 Å². The first-order valence-corrected chi connectivity index (χ1v) is 11.1. The molecule has 0 saturated carbocycles. The van der Waals surface area contributed by atoms with Crippen LogP contribution in [-0.2, 0) is 20.9 Å². The van der Waals surface area contributed by atoms with Crippen molar-refractivity contribution in [3.63, 3.8) is 0 Å². The van der Waals surface area contributed by atoms with Crippen molar-refractivity contribution in [2.24, 2.45) is 11.8 Å². The third-order valence-electron chi connectivity index (χ3n) is 5.89. The van der Waals surface area contributed by atoms with Gasteiger partial charge in [0.15, 0.2) is 0 Å². The third-order valence-corrected chi connectivity index (χ3v) is 6.75. The molecule has 0 radical (unpaired) electrons. The first-order chi connectivity index (χ1) is 14.3. The Labute approximate surface area is 177 Å². The highest BCUT2D eigenvalue weighted by Gasteiger charge is 2.43. The molecule has 0 aliphatic carbocycles. The van der Waals surface area contributed by atoms with Crippen molar-refractivity contribution in [1.29, 1.82) is 0 Å². The maximum absolute atomic E-state index is 12.9. The number of thiophene rings is 1. The van der Waals surface area contributed by atoms with Gasteiger partial charge in [0.1, 0.15) is 0 Å². The summed E-state index contributed by atoms with van der Waals surface area (Å²) in [5.74, 6) is -1.80. The van der Waals surface area contributed by atoms with Gasteiger partial charge in [-0.25, -0.2) is 4.79 Å². The Kier molecular flexibility index (Phi) is 7.75. The van der Waals surface area contributed by atoms with E-state index in [-0.39, 0.29) is 5.92 Å². The van der Waals surface area contributed by atoms with Crippen molar-refractivity contribution >= 4 is 23.2 Å². The zero-order chi connectivity index (χ0) is 21.7. The minimum Gasteiger partial charge on any atom is -0.475 e. The lowest BCUT2D eigenvalue weighted by Crippen LogP contribution is -2.53. The summed E-state index contributed by atoms with van der Waals surface area (Å²) in [6, 6.07) is 4.33. The van der Waals surface area contributed by atoms with Crippen LogP contribution in [0.15, 0.2) is 17.5 Å². The second-order valence-corrected chi connectivity index (χ2v) is 8.94. The Bertz CT molecular complexity index is 707. The van der Waals surface area contributed by atoms with E-state index in [2.05, 4.69) is 27.3 Å². The van der Waals surface area contributed by atoms with E-state index in [4.69, 9.17) is 14.6 Å². The Hall–Kier alpha value is -1.65. The van der Waals surface area contributed by atoms with E-state index in [0.717, 1.165) is 52.2 Å². The molecule has 3 atom stereocenters. The van der Waals surface area contributed by atoms with Crippen molar-refractivity contribution < 1.29 is 32.6 Å². The van der Waals surface area contributed by atoms with Crippen molar-refractivity contribution in [3.8, 4) is 0 Å². The standard InChI is InChI=1S/C18H26N2O2S.C2HF3O2/c21-18(20-7-1-2-8-20)15-6-10-22-17-5-9-19(13-16(15)17)12-14-4-3-11-23-14;3-2(4,5)1(6)7/h3-4,11,15-17H,1-2,5-10,12-13H2;(H,6,7)/t15-,16+,17-;/m1./s1. The van der Waals surface area contributed by atoms with Crippen LogP contribution in [0, 0.1) is 11.8 Å².